The van der Waals surface area contributed by atoms with Crippen molar-refractivity contribution in [1.29, 1.82) is 0 Å². The third kappa shape index (κ3) is 8.47. The Morgan fingerprint density at radius 2 is 1.75 bits per heavy atom. The number of methoxy groups -OCH3 is 1. The first kappa shape index (κ1) is 28.9. The molecule has 210 valence electrons. The summed E-state index contributed by atoms with van der Waals surface area (Å²) in [6.45, 7) is 5.96. The van der Waals surface area contributed by atoms with E-state index in [1.54, 1.807) is 7.11 Å². The molecule has 6 heteroatoms. The molecule has 4 aromatic rings. The van der Waals surface area contributed by atoms with Gasteiger partial charge in [-0.1, -0.05) is 61.0 Å². The molecule has 0 bridgehead atoms. The van der Waals surface area contributed by atoms with Crippen molar-refractivity contribution < 1.29 is 14.3 Å². The van der Waals surface area contributed by atoms with Crippen LogP contribution < -0.4 is 14.8 Å². The van der Waals surface area contributed by atoms with Crippen LogP contribution >= 0.6 is 0 Å². The summed E-state index contributed by atoms with van der Waals surface area (Å²) in [4.78, 5) is 17.1. The van der Waals surface area contributed by atoms with Crippen LogP contribution in [-0.2, 0) is 30.6 Å². The summed E-state index contributed by atoms with van der Waals surface area (Å²) >= 11 is 0. The molecule has 3 aromatic carbocycles. The second kappa shape index (κ2) is 15.5. The number of para-hydroxylation sites is 2. The van der Waals surface area contributed by atoms with Crippen molar-refractivity contribution in [2.45, 2.75) is 57.9 Å². The molecule has 0 aliphatic rings. The Kier molecular flexibility index (Phi) is 11.2. The molecule has 0 aliphatic heterocycles. The lowest BCUT2D eigenvalue weighted by atomic mass is 10.1. The standard InChI is InChI=1S/C34H41N3O3/c1-3-13-28-19-21-31(32(26-28)39-2)40-25-12-24-37-30-17-10-9-16-29(30)36-33(37)18-8-5-11-23-35-34(38)22-20-27-14-6-4-7-15-27/h3-4,6-7,9-10,14-17,19,21,26H,1,5,8,11-13,18,20,22-25H2,2H3,(H,35,38). The predicted octanol–water partition coefficient (Wildman–Crippen LogP) is 6.70. The van der Waals surface area contributed by atoms with E-state index in [4.69, 9.17) is 14.5 Å². The summed E-state index contributed by atoms with van der Waals surface area (Å²) in [7, 11) is 1.67. The molecule has 0 unspecified atom stereocenters. The van der Waals surface area contributed by atoms with Gasteiger partial charge < -0.3 is 19.4 Å². The first-order chi connectivity index (χ1) is 19.7. The highest BCUT2D eigenvalue weighted by atomic mass is 16.5. The van der Waals surface area contributed by atoms with Gasteiger partial charge in [0, 0.05) is 25.9 Å². The first-order valence-electron chi connectivity index (χ1n) is 14.3. The second-order valence-electron chi connectivity index (χ2n) is 9.99. The van der Waals surface area contributed by atoms with Crippen LogP contribution in [0.2, 0.25) is 0 Å². The van der Waals surface area contributed by atoms with Crippen molar-refractivity contribution >= 4 is 16.9 Å². The summed E-state index contributed by atoms with van der Waals surface area (Å²) in [5.41, 5.74) is 4.54. The number of carbonyl (C=O) groups excluding carboxylic acids is 1. The molecule has 0 atom stereocenters. The monoisotopic (exact) mass is 539 g/mol. The number of rotatable bonds is 17. The number of hydrogen-bond acceptors (Lipinski definition) is 4. The Labute approximate surface area is 238 Å². The van der Waals surface area contributed by atoms with Crippen LogP contribution in [0.3, 0.4) is 0 Å². The number of hydrogen-bond donors (Lipinski definition) is 1. The molecule has 6 nitrogen and oxygen atoms in total. The Morgan fingerprint density at radius 1 is 0.925 bits per heavy atom. The smallest absolute Gasteiger partial charge is 0.220 e. The van der Waals surface area contributed by atoms with Gasteiger partial charge in [0.2, 0.25) is 5.91 Å². The van der Waals surface area contributed by atoms with E-state index in [9.17, 15) is 4.79 Å². The molecule has 1 heterocycles. The van der Waals surface area contributed by atoms with Gasteiger partial charge in [-0.3, -0.25) is 4.79 Å². The van der Waals surface area contributed by atoms with Crippen LogP contribution in [-0.4, -0.2) is 35.7 Å². The number of aryl methyl sites for hydroxylation is 3. The van der Waals surface area contributed by atoms with Gasteiger partial charge in [0.15, 0.2) is 11.5 Å². The van der Waals surface area contributed by atoms with E-state index < -0.39 is 0 Å². The SMILES string of the molecule is C=CCc1ccc(OCCCn2c(CCCCCNC(=O)CCc3ccccc3)nc3ccccc32)c(OC)c1. The van der Waals surface area contributed by atoms with Gasteiger partial charge in [-0.2, -0.15) is 0 Å². The van der Waals surface area contributed by atoms with E-state index in [2.05, 4.69) is 52.9 Å². The number of carbonyl (C=O) groups is 1. The highest BCUT2D eigenvalue weighted by Crippen LogP contribution is 2.28. The molecule has 0 saturated carbocycles. The Hall–Kier alpha value is -4.06. The number of benzene rings is 3. The van der Waals surface area contributed by atoms with Crippen molar-refractivity contribution in [3.63, 3.8) is 0 Å². The van der Waals surface area contributed by atoms with Gasteiger partial charge in [-0.15, -0.1) is 6.58 Å². The number of aromatic nitrogens is 2. The van der Waals surface area contributed by atoms with Gasteiger partial charge >= 0.3 is 0 Å². The van der Waals surface area contributed by atoms with Crippen molar-refractivity contribution in [3.05, 3.63) is 102 Å². The van der Waals surface area contributed by atoms with E-state index in [0.717, 1.165) is 92.0 Å². The quantitative estimate of drug-likeness (QED) is 0.120. The molecule has 1 N–H and O–H groups in total. The molecule has 0 spiro atoms. The van der Waals surface area contributed by atoms with E-state index >= 15 is 0 Å². The normalized spacial score (nSPS) is 10.9. The zero-order chi connectivity index (χ0) is 28.0. The van der Waals surface area contributed by atoms with Crippen LogP contribution in [0.5, 0.6) is 11.5 Å². The number of allylic oxidation sites excluding steroid dienone is 1. The van der Waals surface area contributed by atoms with Gasteiger partial charge in [0.25, 0.3) is 0 Å². The predicted molar refractivity (Wildman–Crippen MR) is 162 cm³/mol. The van der Waals surface area contributed by atoms with E-state index in [1.807, 2.05) is 42.5 Å². The molecule has 1 amide bonds. The van der Waals surface area contributed by atoms with Gasteiger partial charge in [0.1, 0.15) is 5.82 Å². The van der Waals surface area contributed by atoms with E-state index in [0.29, 0.717) is 13.0 Å². The number of nitrogens with zero attached hydrogens (tertiary/aromatic N) is 2. The lowest BCUT2D eigenvalue weighted by Crippen LogP contribution is -2.24. The molecular weight excluding hydrogens is 498 g/mol. The zero-order valence-corrected chi connectivity index (χ0v) is 23.6. The van der Waals surface area contributed by atoms with Crippen molar-refractivity contribution in [3.8, 4) is 11.5 Å². The fourth-order valence-corrected chi connectivity index (χ4v) is 4.90. The average molecular weight is 540 g/mol. The average Bonchev–Trinajstić information content (AvgIpc) is 3.34. The Morgan fingerprint density at radius 3 is 2.58 bits per heavy atom. The molecule has 0 saturated heterocycles. The fraction of sp³-hybridized carbons (Fsp3) is 0.353. The maximum Gasteiger partial charge on any atom is 0.220 e. The van der Waals surface area contributed by atoms with Gasteiger partial charge in [-0.25, -0.2) is 4.98 Å². The number of amides is 1. The third-order valence-electron chi connectivity index (χ3n) is 7.01. The number of nitrogens with one attached hydrogen (secondary N) is 1. The maximum absolute atomic E-state index is 12.2. The Balaban J connectivity index is 1.21. The minimum absolute atomic E-state index is 0.123. The van der Waals surface area contributed by atoms with Crippen molar-refractivity contribution in [2.75, 3.05) is 20.3 Å². The fourth-order valence-electron chi connectivity index (χ4n) is 4.90. The second-order valence-corrected chi connectivity index (χ2v) is 9.99. The van der Waals surface area contributed by atoms with Crippen LogP contribution in [0.4, 0.5) is 0 Å². The van der Waals surface area contributed by atoms with Gasteiger partial charge in [0.05, 0.1) is 24.8 Å². The number of unbranched alkanes of at least 4 members (excludes halogenated alkanes) is 2. The molecule has 0 aliphatic carbocycles. The first-order valence-corrected chi connectivity index (χ1v) is 14.3. The summed E-state index contributed by atoms with van der Waals surface area (Å²) in [6.07, 6.45) is 8.83. The number of fused-ring (bicyclic) bond motifs is 1. The van der Waals surface area contributed by atoms with E-state index in [1.165, 1.54) is 5.56 Å². The molecule has 40 heavy (non-hydrogen) atoms. The van der Waals surface area contributed by atoms with Crippen LogP contribution in [0.1, 0.15) is 49.1 Å². The van der Waals surface area contributed by atoms with E-state index in [-0.39, 0.29) is 5.91 Å². The van der Waals surface area contributed by atoms with Gasteiger partial charge in [-0.05, 0) is 67.5 Å². The molecule has 4 rings (SSSR count). The molecular formula is C34H41N3O3. The summed E-state index contributed by atoms with van der Waals surface area (Å²) < 4.78 is 13.9. The lowest BCUT2D eigenvalue weighted by molar-refractivity contribution is -0.121. The van der Waals surface area contributed by atoms with Crippen LogP contribution in [0.15, 0.2) is 85.5 Å². The van der Waals surface area contributed by atoms with Crippen LogP contribution in [0.25, 0.3) is 11.0 Å². The van der Waals surface area contributed by atoms with Crippen molar-refractivity contribution in [2.24, 2.45) is 0 Å². The minimum Gasteiger partial charge on any atom is -0.493 e. The topological polar surface area (TPSA) is 65.4 Å². The minimum atomic E-state index is 0.123. The van der Waals surface area contributed by atoms with Crippen molar-refractivity contribution in [1.82, 2.24) is 14.9 Å². The highest BCUT2D eigenvalue weighted by molar-refractivity contribution is 5.76. The molecule has 1 aromatic heterocycles. The molecule has 0 fully saturated rings. The largest absolute Gasteiger partial charge is 0.493 e. The number of ether oxygens (including phenoxy) is 2. The summed E-state index contributed by atoms with van der Waals surface area (Å²) in [5.74, 6) is 2.75. The van der Waals surface area contributed by atoms with Crippen LogP contribution in [0, 0.1) is 0 Å². The highest BCUT2D eigenvalue weighted by Gasteiger charge is 2.11. The zero-order valence-electron chi connectivity index (χ0n) is 23.6. The lowest BCUT2D eigenvalue weighted by Gasteiger charge is -2.13. The Bertz CT molecular complexity index is 1360. The number of imidazole rings is 1. The maximum atomic E-state index is 12.2. The third-order valence-corrected chi connectivity index (χ3v) is 7.01. The molecule has 0 radical (unpaired) electrons. The summed E-state index contributed by atoms with van der Waals surface area (Å²) in [6, 6.07) is 24.5. The summed E-state index contributed by atoms with van der Waals surface area (Å²) in [5, 5.41) is 3.06.